The Labute approximate surface area is 171 Å². The zero-order valence-corrected chi connectivity index (χ0v) is 17.2. The lowest BCUT2D eigenvalue weighted by Gasteiger charge is -2.08. The van der Waals surface area contributed by atoms with Crippen molar-refractivity contribution in [1.29, 1.82) is 0 Å². The fraction of sp³-hybridized carbons (Fsp3) is 0.333. The minimum atomic E-state index is -0.510. The van der Waals surface area contributed by atoms with E-state index in [-0.39, 0.29) is 19.6 Å². The van der Waals surface area contributed by atoms with E-state index in [1.54, 1.807) is 18.4 Å². The first kappa shape index (κ1) is 19.7. The summed E-state index contributed by atoms with van der Waals surface area (Å²) in [5.41, 5.74) is 1.69. The van der Waals surface area contributed by atoms with E-state index in [0.717, 1.165) is 15.8 Å². The Bertz CT molecular complexity index is 1360. The van der Waals surface area contributed by atoms with Crippen molar-refractivity contribution in [2.24, 2.45) is 7.05 Å². The van der Waals surface area contributed by atoms with Gasteiger partial charge in [0.05, 0.1) is 19.6 Å². The van der Waals surface area contributed by atoms with E-state index < -0.39 is 17.2 Å². The van der Waals surface area contributed by atoms with Crippen molar-refractivity contribution < 1.29 is 9.53 Å². The molecular formula is C21H23N5O4. The maximum absolute atomic E-state index is 13.2. The number of carbonyl (C=O) groups excluding carboxylic acids is 1. The SMILES string of the molecule is CCOC(=O)CCn1c(=O)c2c(nc3n(Cc4ccccc4)c(C)cn23)n(C)c1=O. The number of benzene rings is 1. The smallest absolute Gasteiger partial charge is 0.332 e. The maximum atomic E-state index is 13.2. The summed E-state index contributed by atoms with van der Waals surface area (Å²) in [5, 5.41) is 0. The average Bonchev–Trinajstić information content (AvgIpc) is 3.23. The highest BCUT2D eigenvalue weighted by molar-refractivity contribution is 5.76. The van der Waals surface area contributed by atoms with Crippen LogP contribution in [-0.4, -0.2) is 35.7 Å². The van der Waals surface area contributed by atoms with Gasteiger partial charge in [0.1, 0.15) is 0 Å². The molecule has 0 fully saturated rings. The van der Waals surface area contributed by atoms with Crippen LogP contribution in [0.25, 0.3) is 16.9 Å². The number of fused-ring (bicyclic) bond motifs is 3. The van der Waals surface area contributed by atoms with Gasteiger partial charge >= 0.3 is 11.7 Å². The van der Waals surface area contributed by atoms with Gasteiger partial charge < -0.3 is 9.30 Å². The highest BCUT2D eigenvalue weighted by Gasteiger charge is 2.20. The van der Waals surface area contributed by atoms with Crippen molar-refractivity contribution in [2.45, 2.75) is 33.4 Å². The zero-order valence-electron chi connectivity index (χ0n) is 17.2. The van der Waals surface area contributed by atoms with E-state index >= 15 is 0 Å². The Morgan fingerprint density at radius 2 is 1.87 bits per heavy atom. The van der Waals surface area contributed by atoms with Crippen LogP contribution in [0.1, 0.15) is 24.6 Å². The third-order valence-corrected chi connectivity index (χ3v) is 5.17. The van der Waals surface area contributed by atoms with E-state index in [4.69, 9.17) is 4.74 Å². The Morgan fingerprint density at radius 1 is 1.13 bits per heavy atom. The molecule has 0 N–H and O–H groups in total. The predicted octanol–water partition coefficient (Wildman–Crippen LogP) is 1.46. The Hall–Kier alpha value is -3.62. The van der Waals surface area contributed by atoms with E-state index in [1.807, 2.05) is 48.0 Å². The lowest BCUT2D eigenvalue weighted by atomic mass is 10.2. The van der Waals surface area contributed by atoms with Gasteiger partial charge in [0, 0.05) is 25.5 Å². The molecule has 0 saturated heterocycles. The number of esters is 1. The fourth-order valence-corrected chi connectivity index (χ4v) is 3.65. The van der Waals surface area contributed by atoms with E-state index in [2.05, 4.69) is 4.98 Å². The number of carbonyl (C=O) groups is 1. The average molecular weight is 409 g/mol. The molecule has 0 amide bonds. The number of hydrogen-bond acceptors (Lipinski definition) is 5. The zero-order chi connectivity index (χ0) is 21.4. The third-order valence-electron chi connectivity index (χ3n) is 5.17. The summed E-state index contributed by atoms with van der Waals surface area (Å²) in [6, 6.07) is 9.95. The topological polar surface area (TPSA) is 92.5 Å². The Morgan fingerprint density at radius 3 is 2.57 bits per heavy atom. The lowest BCUT2D eigenvalue weighted by Crippen LogP contribution is -2.39. The summed E-state index contributed by atoms with van der Waals surface area (Å²) in [6.07, 6.45) is 1.79. The molecule has 0 aliphatic rings. The molecule has 3 heterocycles. The van der Waals surface area contributed by atoms with Crippen LogP contribution < -0.4 is 11.2 Å². The number of nitrogens with zero attached hydrogens (tertiary/aromatic N) is 5. The van der Waals surface area contributed by atoms with Crippen LogP contribution in [-0.2, 0) is 29.7 Å². The van der Waals surface area contributed by atoms with Gasteiger partial charge in [0.25, 0.3) is 5.56 Å². The Kier molecular flexibility index (Phi) is 5.03. The molecule has 0 spiro atoms. The highest BCUT2D eigenvalue weighted by Crippen LogP contribution is 2.17. The van der Waals surface area contributed by atoms with Gasteiger partial charge in [-0.2, -0.15) is 4.98 Å². The molecule has 0 bridgehead atoms. The normalized spacial score (nSPS) is 11.4. The predicted molar refractivity (Wildman–Crippen MR) is 112 cm³/mol. The van der Waals surface area contributed by atoms with Gasteiger partial charge in [0.2, 0.25) is 5.78 Å². The first-order valence-electron chi connectivity index (χ1n) is 9.79. The monoisotopic (exact) mass is 409 g/mol. The van der Waals surface area contributed by atoms with Crippen LogP contribution in [0.5, 0.6) is 0 Å². The van der Waals surface area contributed by atoms with Gasteiger partial charge in [0.15, 0.2) is 11.2 Å². The number of hydrogen-bond donors (Lipinski definition) is 0. The molecular weight excluding hydrogens is 386 g/mol. The molecule has 1 aromatic carbocycles. The molecule has 0 radical (unpaired) electrons. The molecule has 0 aliphatic heterocycles. The molecule has 3 aromatic heterocycles. The minimum absolute atomic E-state index is 0.0444. The summed E-state index contributed by atoms with van der Waals surface area (Å²) >= 11 is 0. The van der Waals surface area contributed by atoms with Gasteiger partial charge in [-0.1, -0.05) is 30.3 Å². The summed E-state index contributed by atoms with van der Waals surface area (Å²) in [4.78, 5) is 42.2. The number of rotatable bonds is 6. The number of imidazole rings is 2. The van der Waals surface area contributed by atoms with Crippen LogP contribution >= 0.6 is 0 Å². The van der Waals surface area contributed by atoms with Crippen LogP contribution in [0.2, 0.25) is 0 Å². The van der Waals surface area contributed by atoms with Crippen molar-refractivity contribution >= 4 is 22.9 Å². The number of aryl methyl sites for hydroxylation is 2. The summed E-state index contributed by atoms with van der Waals surface area (Å²) in [6.45, 7) is 4.46. The second-order valence-electron chi connectivity index (χ2n) is 7.15. The molecule has 9 heteroatoms. The van der Waals surface area contributed by atoms with Crippen molar-refractivity contribution in [3.05, 3.63) is 68.6 Å². The second-order valence-corrected chi connectivity index (χ2v) is 7.15. The molecule has 0 aliphatic carbocycles. The molecule has 4 aromatic rings. The standard InChI is InChI=1S/C21H23N5O4/c1-4-30-16(27)10-11-24-19(28)17-18(23(3)21(24)29)22-20-25(14(2)12-26(17)20)13-15-8-6-5-7-9-15/h5-9,12H,4,10-11,13H2,1-3H3. The van der Waals surface area contributed by atoms with Gasteiger partial charge in [-0.15, -0.1) is 0 Å². The van der Waals surface area contributed by atoms with E-state index in [9.17, 15) is 14.4 Å². The van der Waals surface area contributed by atoms with Crippen molar-refractivity contribution in [3.63, 3.8) is 0 Å². The number of aromatic nitrogens is 5. The molecule has 30 heavy (non-hydrogen) atoms. The summed E-state index contributed by atoms with van der Waals surface area (Å²) < 4.78 is 11.0. The quantitative estimate of drug-likeness (QED) is 0.450. The second kappa shape index (κ2) is 7.66. The van der Waals surface area contributed by atoms with Crippen molar-refractivity contribution in [3.8, 4) is 0 Å². The lowest BCUT2D eigenvalue weighted by molar-refractivity contribution is -0.143. The first-order valence-corrected chi connectivity index (χ1v) is 9.79. The molecule has 0 unspecified atom stereocenters. The van der Waals surface area contributed by atoms with Crippen molar-refractivity contribution in [2.75, 3.05) is 6.61 Å². The van der Waals surface area contributed by atoms with Gasteiger partial charge in [-0.05, 0) is 19.4 Å². The number of ether oxygens (including phenoxy) is 1. The van der Waals surface area contributed by atoms with Crippen LogP contribution in [0.3, 0.4) is 0 Å². The van der Waals surface area contributed by atoms with Crippen LogP contribution in [0, 0.1) is 6.92 Å². The van der Waals surface area contributed by atoms with Gasteiger partial charge in [-0.25, -0.2) is 4.79 Å². The fourth-order valence-electron chi connectivity index (χ4n) is 3.65. The summed E-state index contributed by atoms with van der Waals surface area (Å²) in [7, 11) is 1.58. The third kappa shape index (κ3) is 3.22. The van der Waals surface area contributed by atoms with Gasteiger partial charge in [-0.3, -0.25) is 23.1 Å². The largest absolute Gasteiger partial charge is 0.466 e. The minimum Gasteiger partial charge on any atom is -0.466 e. The molecule has 0 saturated carbocycles. The van der Waals surface area contributed by atoms with E-state index in [0.29, 0.717) is 23.5 Å². The maximum Gasteiger partial charge on any atom is 0.332 e. The van der Waals surface area contributed by atoms with E-state index in [1.165, 1.54) is 4.57 Å². The Balaban J connectivity index is 1.86. The molecule has 0 atom stereocenters. The highest BCUT2D eigenvalue weighted by atomic mass is 16.5. The summed E-state index contributed by atoms with van der Waals surface area (Å²) in [5.74, 6) is 0.136. The molecule has 9 nitrogen and oxygen atoms in total. The van der Waals surface area contributed by atoms with Crippen LogP contribution in [0.15, 0.2) is 46.1 Å². The molecule has 4 rings (SSSR count). The first-order chi connectivity index (χ1) is 14.4. The van der Waals surface area contributed by atoms with Crippen molar-refractivity contribution in [1.82, 2.24) is 23.1 Å². The van der Waals surface area contributed by atoms with Crippen LogP contribution in [0.4, 0.5) is 0 Å². The molecule has 156 valence electrons.